The molecule has 55 valence electrons. The number of unbranched alkanes of at least 4 members (excludes halogenated alkanes) is 1. The van der Waals surface area contributed by atoms with Crippen LogP contribution in [-0.2, 0) is 11.5 Å². The van der Waals surface area contributed by atoms with E-state index in [1.807, 2.05) is 0 Å². The van der Waals surface area contributed by atoms with E-state index in [4.69, 9.17) is 0 Å². The first-order valence-corrected chi connectivity index (χ1v) is 3.50. The SMILES string of the molecule is [O]CCCCc1ncc[nH]1. The molecule has 0 amide bonds. The Morgan fingerprint density at radius 3 is 3.00 bits per heavy atom. The van der Waals surface area contributed by atoms with Crippen molar-refractivity contribution in [3.63, 3.8) is 0 Å². The van der Waals surface area contributed by atoms with Gasteiger partial charge in [-0.2, -0.15) is 0 Å². The monoisotopic (exact) mass is 139 g/mol. The minimum atomic E-state index is 0.0285. The van der Waals surface area contributed by atoms with Crippen LogP contribution in [0.5, 0.6) is 0 Å². The fourth-order valence-electron chi connectivity index (χ4n) is 0.829. The first-order valence-electron chi connectivity index (χ1n) is 3.50. The van der Waals surface area contributed by atoms with Gasteiger partial charge in [0.2, 0.25) is 0 Å². The number of aromatic amines is 1. The van der Waals surface area contributed by atoms with Crippen molar-refractivity contribution in [1.29, 1.82) is 0 Å². The second-order valence-corrected chi connectivity index (χ2v) is 2.20. The molecule has 0 aliphatic carbocycles. The van der Waals surface area contributed by atoms with E-state index in [1.165, 1.54) is 0 Å². The van der Waals surface area contributed by atoms with E-state index in [0.717, 1.165) is 25.1 Å². The molecule has 3 heteroatoms. The quantitative estimate of drug-likeness (QED) is 0.625. The molecule has 0 fully saturated rings. The van der Waals surface area contributed by atoms with Gasteiger partial charge < -0.3 is 4.98 Å². The number of hydrogen-bond donors (Lipinski definition) is 1. The molecule has 0 unspecified atom stereocenters. The topological polar surface area (TPSA) is 48.6 Å². The zero-order chi connectivity index (χ0) is 7.23. The number of imidazole rings is 1. The molecule has 0 saturated heterocycles. The fraction of sp³-hybridized carbons (Fsp3) is 0.571. The molecule has 0 aliphatic heterocycles. The second kappa shape index (κ2) is 4.06. The summed E-state index contributed by atoms with van der Waals surface area (Å²) in [7, 11) is 0. The number of nitrogens with zero attached hydrogens (tertiary/aromatic N) is 1. The molecular formula is C7H11N2O. The summed E-state index contributed by atoms with van der Waals surface area (Å²) in [6.45, 7) is 0.0285. The third kappa shape index (κ3) is 2.19. The van der Waals surface area contributed by atoms with Crippen LogP contribution in [0.1, 0.15) is 18.7 Å². The zero-order valence-electron chi connectivity index (χ0n) is 5.84. The molecule has 3 nitrogen and oxygen atoms in total. The predicted molar refractivity (Wildman–Crippen MR) is 37.1 cm³/mol. The summed E-state index contributed by atoms with van der Waals surface area (Å²) in [6, 6.07) is 0. The van der Waals surface area contributed by atoms with Crippen molar-refractivity contribution in [3.8, 4) is 0 Å². The van der Waals surface area contributed by atoms with Gasteiger partial charge in [-0.1, -0.05) is 0 Å². The lowest BCUT2D eigenvalue weighted by Gasteiger charge is -1.92. The van der Waals surface area contributed by atoms with Crippen LogP contribution in [-0.4, -0.2) is 16.6 Å². The van der Waals surface area contributed by atoms with E-state index in [1.54, 1.807) is 12.4 Å². The lowest BCUT2D eigenvalue weighted by atomic mass is 10.2. The van der Waals surface area contributed by atoms with Gasteiger partial charge in [-0.25, -0.2) is 10.1 Å². The predicted octanol–water partition coefficient (Wildman–Crippen LogP) is 1.16. The largest absolute Gasteiger partial charge is 0.349 e. The Morgan fingerprint density at radius 1 is 1.50 bits per heavy atom. The smallest absolute Gasteiger partial charge is 0.105 e. The van der Waals surface area contributed by atoms with Crippen LogP contribution >= 0.6 is 0 Å². The summed E-state index contributed by atoms with van der Waals surface area (Å²) in [4.78, 5) is 7.01. The van der Waals surface area contributed by atoms with Gasteiger partial charge in [-0.15, -0.1) is 0 Å². The fourth-order valence-corrected chi connectivity index (χ4v) is 0.829. The highest BCUT2D eigenvalue weighted by atomic mass is 16.2. The highest BCUT2D eigenvalue weighted by Crippen LogP contribution is 1.96. The van der Waals surface area contributed by atoms with Crippen molar-refractivity contribution in [2.24, 2.45) is 0 Å². The van der Waals surface area contributed by atoms with Crippen molar-refractivity contribution in [2.75, 3.05) is 6.61 Å². The lowest BCUT2D eigenvalue weighted by molar-refractivity contribution is 0.187. The molecule has 1 aromatic heterocycles. The molecule has 1 heterocycles. The van der Waals surface area contributed by atoms with Crippen LogP contribution in [0.3, 0.4) is 0 Å². The van der Waals surface area contributed by atoms with Gasteiger partial charge in [0.05, 0.1) is 6.61 Å². The number of nitrogens with one attached hydrogen (secondary N) is 1. The average molecular weight is 139 g/mol. The maximum atomic E-state index is 10.0. The molecule has 0 atom stereocenters. The van der Waals surface area contributed by atoms with Crippen LogP contribution in [0, 0.1) is 0 Å². The van der Waals surface area contributed by atoms with Gasteiger partial charge in [0.1, 0.15) is 5.82 Å². The summed E-state index contributed by atoms with van der Waals surface area (Å²) < 4.78 is 0. The first kappa shape index (κ1) is 7.28. The number of aromatic nitrogens is 2. The normalized spacial score (nSPS) is 10.1. The van der Waals surface area contributed by atoms with Crippen molar-refractivity contribution in [1.82, 2.24) is 9.97 Å². The molecule has 0 spiro atoms. The molecule has 10 heavy (non-hydrogen) atoms. The van der Waals surface area contributed by atoms with Crippen molar-refractivity contribution < 1.29 is 5.11 Å². The van der Waals surface area contributed by atoms with E-state index >= 15 is 0 Å². The highest BCUT2D eigenvalue weighted by molar-refractivity contribution is 4.86. The third-order valence-corrected chi connectivity index (χ3v) is 1.36. The van der Waals surface area contributed by atoms with E-state index in [9.17, 15) is 5.11 Å². The Kier molecular flexibility index (Phi) is 2.96. The lowest BCUT2D eigenvalue weighted by Crippen LogP contribution is -1.89. The van der Waals surface area contributed by atoms with Crippen LogP contribution in [0.15, 0.2) is 12.4 Å². The van der Waals surface area contributed by atoms with Crippen LogP contribution < -0.4 is 0 Å². The number of rotatable bonds is 4. The molecule has 1 N–H and O–H groups in total. The molecular weight excluding hydrogens is 128 g/mol. The van der Waals surface area contributed by atoms with Gasteiger partial charge in [0.25, 0.3) is 0 Å². The second-order valence-electron chi connectivity index (χ2n) is 2.20. The minimum absolute atomic E-state index is 0.0285. The maximum absolute atomic E-state index is 10.0. The molecule has 1 rings (SSSR count). The Bertz CT molecular complexity index is 160. The summed E-state index contributed by atoms with van der Waals surface area (Å²) >= 11 is 0. The highest BCUT2D eigenvalue weighted by Gasteiger charge is 1.92. The van der Waals surface area contributed by atoms with Crippen molar-refractivity contribution >= 4 is 0 Å². The van der Waals surface area contributed by atoms with Crippen LogP contribution in [0.4, 0.5) is 0 Å². The Hall–Kier alpha value is -0.830. The molecule has 0 aromatic carbocycles. The summed E-state index contributed by atoms with van der Waals surface area (Å²) in [6.07, 6.45) is 6.12. The number of aryl methyl sites for hydroxylation is 1. The Morgan fingerprint density at radius 2 is 2.40 bits per heavy atom. The van der Waals surface area contributed by atoms with E-state index < -0.39 is 0 Å². The van der Waals surface area contributed by atoms with Gasteiger partial charge in [0.15, 0.2) is 0 Å². The number of hydrogen-bond acceptors (Lipinski definition) is 1. The van der Waals surface area contributed by atoms with E-state index in [2.05, 4.69) is 9.97 Å². The van der Waals surface area contributed by atoms with Crippen LogP contribution in [0.25, 0.3) is 0 Å². The Balaban J connectivity index is 2.15. The zero-order valence-corrected chi connectivity index (χ0v) is 5.84. The first-order chi connectivity index (χ1) is 4.93. The molecule has 0 aliphatic rings. The van der Waals surface area contributed by atoms with Gasteiger partial charge in [-0.05, 0) is 12.8 Å². The van der Waals surface area contributed by atoms with E-state index in [-0.39, 0.29) is 6.61 Å². The standard InChI is InChI=1S/C7H11N2O/c10-6-2-1-3-7-8-4-5-9-7/h4-5H,1-3,6H2,(H,8,9). The van der Waals surface area contributed by atoms with E-state index in [0.29, 0.717) is 0 Å². The average Bonchev–Trinajstić information content (AvgIpc) is 2.41. The number of H-pyrrole nitrogens is 1. The summed E-state index contributed by atoms with van der Waals surface area (Å²) in [5.41, 5.74) is 0. The molecule has 1 radical (unpaired) electrons. The van der Waals surface area contributed by atoms with Gasteiger partial charge >= 0.3 is 0 Å². The van der Waals surface area contributed by atoms with Crippen molar-refractivity contribution in [2.45, 2.75) is 19.3 Å². The summed E-state index contributed by atoms with van der Waals surface area (Å²) in [5, 5.41) is 10.0. The maximum Gasteiger partial charge on any atom is 0.105 e. The molecule has 0 bridgehead atoms. The Labute approximate surface area is 60.1 Å². The molecule has 1 aromatic rings. The molecule has 0 saturated carbocycles. The van der Waals surface area contributed by atoms with Crippen molar-refractivity contribution in [3.05, 3.63) is 18.2 Å². The minimum Gasteiger partial charge on any atom is -0.349 e. The van der Waals surface area contributed by atoms with Gasteiger partial charge in [0, 0.05) is 18.8 Å². The van der Waals surface area contributed by atoms with Gasteiger partial charge in [-0.3, -0.25) is 0 Å². The van der Waals surface area contributed by atoms with Crippen LogP contribution in [0.2, 0.25) is 0 Å². The third-order valence-electron chi connectivity index (χ3n) is 1.36. The summed E-state index contributed by atoms with van der Waals surface area (Å²) in [5.74, 6) is 0.980.